The van der Waals surface area contributed by atoms with Crippen molar-refractivity contribution in [3.05, 3.63) is 29.0 Å². The Kier molecular flexibility index (Phi) is 2.74. The molecule has 19 heavy (non-hydrogen) atoms. The highest BCUT2D eigenvalue weighted by molar-refractivity contribution is 7.71. The summed E-state index contributed by atoms with van der Waals surface area (Å²) in [7, 11) is 1.52. The molecule has 0 radical (unpaired) electrons. The van der Waals surface area contributed by atoms with E-state index in [0.717, 1.165) is 11.0 Å². The van der Waals surface area contributed by atoms with Gasteiger partial charge in [0.1, 0.15) is 6.04 Å². The van der Waals surface area contributed by atoms with Gasteiger partial charge in [-0.3, -0.25) is 14.5 Å². The van der Waals surface area contributed by atoms with Crippen molar-refractivity contribution in [2.45, 2.75) is 18.9 Å². The van der Waals surface area contributed by atoms with Crippen LogP contribution in [0.15, 0.2) is 24.3 Å². The largest absolute Gasteiger partial charge is 0.331 e. The van der Waals surface area contributed by atoms with Crippen LogP contribution in [0.1, 0.15) is 18.9 Å². The van der Waals surface area contributed by atoms with Gasteiger partial charge in [0.05, 0.1) is 11.0 Å². The number of para-hydroxylation sites is 2. The first-order chi connectivity index (χ1) is 9.09. The third-order valence-electron chi connectivity index (χ3n) is 3.56. The highest BCUT2D eigenvalue weighted by Crippen LogP contribution is 2.27. The molecule has 1 saturated heterocycles. The second-order valence-corrected chi connectivity index (χ2v) is 5.05. The van der Waals surface area contributed by atoms with Crippen LogP contribution >= 0.6 is 12.2 Å². The van der Waals surface area contributed by atoms with E-state index in [0.29, 0.717) is 17.6 Å². The van der Waals surface area contributed by atoms with E-state index in [-0.39, 0.29) is 11.8 Å². The van der Waals surface area contributed by atoms with Crippen molar-refractivity contribution >= 4 is 35.1 Å². The molecule has 6 heteroatoms. The minimum Gasteiger partial charge on any atom is -0.331 e. The van der Waals surface area contributed by atoms with Crippen molar-refractivity contribution in [3.63, 3.8) is 0 Å². The lowest BCUT2D eigenvalue weighted by atomic mass is 10.0. The van der Waals surface area contributed by atoms with Crippen LogP contribution in [0.4, 0.5) is 0 Å². The Morgan fingerprint density at radius 3 is 2.84 bits per heavy atom. The fourth-order valence-electron chi connectivity index (χ4n) is 2.52. The van der Waals surface area contributed by atoms with Gasteiger partial charge in [0, 0.05) is 13.5 Å². The van der Waals surface area contributed by atoms with E-state index >= 15 is 0 Å². The van der Waals surface area contributed by atoms with Gasteiger partial charge in [-0.25, -0.2) is 0 Å². The standard InChI is InChI=1S/C13H13N3O2S/c1-15-11(17)7-6-10(12(15)18)16-9-5-3-2-4-8(9)14-13(16)19/h2-5,10H,6-7H2,1H3,(H,14,19). The van der Waals surface area contributed by atoms with Crippen LogP contribution in [0.3, 0.4) is 0 Å². The summed E-state index contributed by atoms with van der Waals surface area (Å²) >= 11 is 5.31. The Labute approximate surface area is 114 Å². The number of carbonyl (C=O) groups excluding carboxylic acids is 2. The van der Waals surface area contributed by atoms with Crippen molar-refractivity contribution < 1.29 is 9.59 Å². The molecule has 1 aliphatic rings. The third-order valence-corrected chi connectivity index (χ3v) is 3.86. The number of imide groups is 1. The van der Waals surface area contributed by atoms with Crippen LogP contribution in [0.25, 0.3) is 11.0 Å². The number of hydrogen-bond acceptors (Lipinski definition) is 3. The molecule has 3 rings (SSSR count). The number of aromatic nitrogens is 2. The summed E-state index contributed by atoms with van der Waals surface area (Å²) in [4.78, 5) is 28.1. The zero-order chi connectivity index (χ0) is 13.6. The van der Waals surface area contributed by atoms with Gasteiger partial charge in [-0.05, 0) is 30.8 Å². The average molecular weight is 275 g/mol. The first-order valence-electron chi connectivity index (χ1n) is 6.09. The minimum atomic E-state index is -0.397. The first kappa shape index (κ1) is 12.1. The van der Waals surface area contributed by atoms with Crippen molar-refractivity contribution in [1.82, 2.24) is 14.5 Å². The molecule has 98 valence electrons. The lowest BCUT2D eigenvalue weighted by molar-refractivity contribution is -0.149. The van der Waals surface area contributed by atoms with E-state index in [1.165, 1.54) is 11.9 Å². The number of nitrogens with one attached hydrogen (secondary N) is 1. The van der Waals surface area contributed by atoms with E-state index in [2.05, 4.69) is 4.98 Å². The number of likely N-dealkylation sites (tertiary alicyclic amines) is 1. The van der Waals surface area contributed by atoms with E-state index in [1.807, 2.05) is 28.8 Å². The maximum absolute atomic E-state index is 12.3. The number of benzene rings is 1. The summed E-state index contributed by atoms with van der Waals surface area (Å²) in [5, 5.41) is 0. The molecule has 0 aliphatic carbocycles. The summed E-state index contributed by atoms with van der Waals surface area (Å²) in [5.74, 6) is -0.329. The molecule has 1 N–H and O–H groups in total. The maximum Gasteiger partial charge on any atom is 0.252 e. The number of carbonyl (C=O) groups is 2. The van der Waals surface area contributed by atoms with Crippen molar-refractivity contribution in [3.8, 4) is 0 Å². The van der Waals surface area contributed by atoms with Crippen LogP contribution in [-0.2, 0) is 9.59 Å². The molecule has 2 heterocycles. The molecule has 1 aromatic carbocycles. The zero-order valence-electron chi connectivity index (χ0n) is 10.4. The van der Waals surface area contributed by atoms with E-state index < -0.39 is 6.04 Å². The number of rotatable bonds is 1. The number of nitrogens with zero attached hydrogens (tertiary/aromatic N) is 2. The Balaban J connectivity index is 2.15. The molecule has 5 nitrogen and oxygen atoms in total. The molecule has 2 amide bonds. The van der Waals surface area contributed by atoms with Gasteiger partial charge in [-0.15, -0.1) is 0 Å². The maximum atomic E-state index is 12.3. The molecule has 1 fully saturated rings. The van der Waals surface area contributed by atoms with Gasteiger partial charge in [-0.1, -0.05) is 12.1 Å². The van der Waals surface area contributed by atoms with Crippen LogP contribution in [-0.4, -0.2) is 33.3 Å². The molecule has 0 spiro atoms. The summed E-state index contributed by atoms with van der Waals surface area (Å²) in [6.07, 6.45) is 0.867. The number of H-pyrrole nitrogens is 1. The van der Waals surface area contributed by atoms with Crippen LogP contribution < -0.4 is 0 Å². The lowest BCUT2D eigenvalue weighted by Gasteiger charge is -2.28. The van der Waals surface area contributed by atoms with Crippen molar-refractivity contribution in [2.75, 3.05) is 7.05 Å². The second-order valence-electron chi connectivity index (χ2n) is 4.66. The number of hydrogen-bond donors (Lipinski definition) is 1. The number of fused-ring (bicyclic) bond motifs is 1. The Morgan fingerprint density at radius 2 is 2.05 bits per heavy atom. The fraction of sp³-hybridized carbons (Fsp3) is 0.308. The van der Waals surface area contributed by atoms with Crippen molar-refractivity contribution in [2.24, 2.45) is 0 Å². The quantitative estimate of drug-likeness (QED) is 0.640. The zero-order valence-corrected chi connectivity index (χ0v) is 11.2. The first-order valence-corrected chi connectivity index (χ1v) is 6.50. The molecular weight excluding hydrogens is 262 g/mol. The molecule has 1 aliphatic heterocycles. The molecule has 0 saturated carbocycles. The SMILES string of the molecule is CN1C(=O)CCC(n2c(=S)[nH]c3ccccc32)C1=O. The van der Waals surface area contributed by atoms with Gasteiger partial charge >= 0.3 is 0 Å². The highest BCUT2D eigenvalue weighted by Gasteiger charge is 2.33. The number of amides is 2. The van der Waals surface area contributed by atoms with E-state index in [4.69, 9.17) is 12.2 Å². The normalized spacial score (nSPS) is 20.3. The van der Waals surface area contributed by atoms with E-state index in [9.17, 15) is 9.59 Å². The predicted octanol–water partition coefficient (Wildman–Crippen LogP) is 2.02. The number of aromatic amines is 1. The van der Waals surface area contributed by atoms with Crippen LogP contribution in [0.5, 0.6) is 0 Å². The summed E-state index contributed by atoms with van der Waals surface area (Å²) in [5.41, 5.74) is 1.80. The molecule has 1 atom stereocenters. The number of piperidine rings is 1. The van der Waals surface area contributed by atoms with Crippen LogP contribution in [0, 0.1) is 4.77 Å². The van der Waals surface area contributed by atoms with Gasteiger partial charge < -0.3 is 9.55 Å². The number of likely N-dealkylation sites (N-methyl/N-ethyl adjacent to an activating group) is 1. The Morgan fingerprint density at radius 1 is 1.32 bits per heavy atom. The topological polar surface area (TPSA) is 58.1 Å². The summed E-state index contributed by atoms with van der Waals surface area (Å²) in [6.45, 7) is 0. The van der Waals surface area contributed by atoms with Crippen molar-refractivity contribution in [1.29, 1.82) is 0 Å². The Hall–Kier alpha value is -1.95. The van der Waals surface area contributed by atoms with Gasteiger partial charge in [0.15, 0.2) is 4.77 Å². The smallest absolute Gasteiger partial charge is 0.252 e. The van der Waals surface area contributed by atoms with Gasteiger partial charge in [-0.2, -0.15) is 0 Å². The monoisotopic (exact) mass is 275 g/mol. The van der Waals surface area contributed by atoms with E-state index in [1.54, 1.807) is 0 Å². The molecule has 1 unspecified atom stereocenters. The average Bonchev–Trinajstić information content (AvgIpc) is 2.73. The van der Waals surface area contributed by atoms with Gasteiger partial charge in [0.25, 0.3) is 5.91 Å². The van der Waals surface area contributed by atoms with Crippen LogP contribution in [0.2, 0.25) is 0 Å². The second kappa shape index (κ2) is 4.31. The highest BCUT2D eigenvalue weighted by atomic mass is 32.1. The lowest BCUT2D eigenvalue weighted by Crippen LogP contribution is -2.43. The summed E-state index contributed by atoms with van der Waals surface area (Å²) < 4.78 is 2.33. The third kappa shape index (κ3) is 1.79. The molecular formula is C13H13N3O2S. The molecule has 2 aromatic rings. The molecule has 1 aromatic heterocycles. The molecule has 0 bridgehead atoms. The van der Waals surface area contributed by atoms with Gasteiger partial charge in [0.2, 0.25) is 5.91 Å². The Bertz CT molecular complexity index is 731. The summed E-state index contributed by atoms with van der Waals surface area (Å²) in [6, 6.07) is 7.26. The fourth-order valence-corrected chi connectivity index (χ4v) is 2.86. The minimum absolute atomic E-state index is 0.132. The predicted molar refractivity (Wildman–Crippen MR) is 73.2 cm³/mol. The number of imidazole rings is 1.